The Labute approximate surface area is 82.2 Å². The number of ketones is 1. The lowest BCUT2D eigenvalue weighted by Gasteiger charge is -1.95. The molecule has 0 aromatic carbocycles. The first-order valence-corrected chi connectivity index (χ1v) is 3.97. The van der Waals surface area contributed by atoms with E-state index in [1.54, 1.807) is 0 Å². The van der Waals surface area contributed by atoms with Gasteiger partial charge >= 0.3 is 0 Å². The van der Waals surface area contributed by atoms with Gasteiger partial charge in [0.15, 0.2) is 18.5 Å². The van der Waals surface area contributed by atoms with Crippen LogP contribution in [0, 0.1) is 0 Å². The molecule has 5 N–H and O–H groups in total. The van der Waals surface area contributed by atoms with Crippen molar-refractivity contribution < 1.29 is 14.6 Å². The molecule has 5 nitrogen and oxygen atoms in total. The minimum atomic E-state index is -0.668. The highest BCUT2D eigenvalue weighted by Crippen LogP contribution is 1.93. The topological polar surface area (TPSA) is 100 Å². The summed E-state index contributed by atoms with van der Waals surface area (Å²) in [4.78, 5) is 24.0. The molecule has 0 heterocycles. The fraction of sp³-hybridized carbons (Fsp3) is 0.222. The summed E-state index contributed by atoms with van der Waals surface area (Å²) in [6.45, 7) is 4.95. The first-order valence-electron chi connectivity index (χ1n) is 3.97. The maximum Gasteiger partial charge on any atom is 0.256 e. The Morgan fingerprint density at radius 2 is 2.00 bits per heavy atom. The van der Waals surface area contributed by atoms with Crippen LogP contribution in [0.1, 0.15) is 6.92 Å². The fourth-order valence-corrected chi connectivity index (χ4v) is 0.704. The zero-order valence-electron chi connectivity index (χ0n) is 8.04. The second-order valence-electron chi connectivity index (χ2n) is 2.66. The van der Waals surface area contributed by atoms with Crippen molar-refractivity contribution in [2.45, 2.75) is 6.92 Å². The summed E-state index contributed by atoms with van der Waals surface area (Å²) in [6, 6.07) is 0. The Morgan fingerprint density at radius 3 is 2.36 bits per heavy atom. The van der Waals surface area contributed by atoms with Crippen molar-refractivity contribution in [1.29, 1.82) is 0 Å². The molecule has 0 aliphatic carbocycles. The van der Waals surface area contributed by atoms with Gasteiger partial charge in [-0.25, -0.2) is 4.99 Å². The van der Waals surface area contributed by atoms with Crippen molar-refractivity contribution in [2.24, 2.45) is 11.5 Å². The molecule has 0 spiro atoms. The van der Waals surface area contributed by atoms with Gasteiger partial charge in [0.05, 0.1) is 0 Å². The first kappa shape index (κ1) is 12.1. The minimum absolute atomic E-state index is 0.0535. The number of rotatable bonds is 5. The van der Waals surface area contributed by atoms with Gasteiger partial charge in [-0.2, -0.15) is 0 Å². The number of carbonyl (C=O) groups excluding carboxylic acids is 2. The third-order valence-corrected chi connectivity index (χ3v) is 1.39. The molecule has 0 radical (unpaired) electrons. The molecule has 0 rings (SSSR count). The molecule has 1 amide bonds. The third kappa shape index (κ3) is 4.20. The lowest BCUT2D eigenvalue weighted by atomic mass is 10.2. The SMILES string of the molecule is C=C/C(N)=C(\C=[NH+]CC(C)=O)C(N)=O. The van der Waals surface area contributed by atoms with E-state index >= 15 is 0 Å². The predicted octanol–water partition coefficient (Wildman–Crippen LogP) is -2.39. The lowest BCUT2D eigenvalue weighted by Crippen LogP contribution is -2.71. The molecule has 0 fully saturated rings. The Balaban J connectivity index is 4.72. The van der Waals surface area contributed by atoms with Gasteiger partial charge in [-0.1, -0.05) is 6.58 Å². The van der Waals surface area contributed by atoms with Crippen LogP contribution in [0.2, 0.25) is 0 Å². The van der Waals surface area contributed by atoms with Crippen molar-refractivity contribution in [3.63, 3.8) is 0 Å². The zero-order valence-corrected chi connectivity index (χ0v) is 8.04. The average molecular weight is 196 g/mol. The van der Waals surface area contributed by atoms with E-state index in [4.69, 9.17) is 11.5 Å². The Bertz CT molecular complexity index is 316. The van der Waals surface area contributed by atoms with E-state index in [1.165, 1.54) is 19.2 Å². The molecule has 0 aliphatic rings. The summed E-state index contributed by atoms with van der Waals surface area (Å²) in [6.07, 6.45) is 2.62. The summed E-state index contributed by atoms with van der Waals surface area (Å²) in [5.41, 5.74) is 10.8. The zero-order chi connectivity index (χ0) is 11.1. The summed E-state index contributed by atoms with van der Waals surface area (Å²) in [7, 11) is 0. The lowest BCUT2D eigenvalue weighted by molar-refractivity contribution is -0.437. The normalized spacial score (nSPS) is 12.4. The van der Waals surface area contributed by atoms with Crippen LogP contribution in [0.5, 0.6) is 0 Å². The number of nitrogens with two attached hydrogens (primary N) is 2. The van der Waals surface area contributed by atoms with Crippen LogP contribution in [0.25, 0.3) is 0 Å². The molecule has 0 unspecified atom stereocenters. The maximum absolute atomic E-state index is 10.9. The van der Waals surface area contributed by atoms with Crippen molar-refractivity contribution >= 4 is 17.9 Å². The summed E-state index contributed by atoms with van der Waals surface area (Å²) < 4.78 is 0. The molecular weight excluding hydrogens is 182 g/mol. The van der Waals surface area contributed by atoms with Crippen LogP contribution >= 0.6 is 0 Å². The first-order chi connectivity index (χ1) is 6.49. The number of nitrogens with one attached hydrogen (secondary N) is 1. The molecule has 0 aliphatic heterocycles. The Kier molecular flexibility index (Phi) is 4.91. The monoisotopic (exact) mass is 196 g/mol. The quantitative estimate of drug-likeness (QED) is 0.260. The number of hydrogen-bond acceptors (Lipinski definition) is 3. The molecule has 14 heavy (non-hydrogen) atoms. The van der Waals surface area contributed by atoms with Crippen LogP contribution in [0.4, 0.5) is 0 Å². The standard InChI is InChI=1S/C9H13N3O2/c1-3-8(10)7(9(11)14)5-12-4-6(2)13/h3,5H,1,4,10H2,2H3,(H2,11,14)/p+1/b8-7-,12-5?. The highest BCUT2D eigenvalue weighted by Gasteiger charge is 2.08. The fourth-order valence-electron chi connectivity index (χ4n) is 0.704. The van der Waals surface area contributed by atoms with Crippen molar-refractivity contribution in [3.05, 3.63) is 23.9 Å². The molecule has 0 saturated carbocycles. The molecule has 0 aromatic rings. The molecule has 76 valence electrons. The van der Waals surface area contributed by atoms with Crippen LogP contribution in [-0.2, 0) is 9.59 Å². The third-order valence-electron chi connectivity index (χ3n) is 1.39. The van der Waals surface area contributed by atoms with E-state index < -0.39 is 5.91 Å². The Morgan fingerprint density at radius 1 is 1.43 bits per heavy atom. The van der Waals surface area contributed by atoms with Crippen LogP contribution in [0.15, 0.2) is 23.9 Å². The summed E-state index contributed by atoms with van der Waals surface area (Å²) >= 11 is 0. The van der Waals surface area contributed by atoms with Crippen molar-refractivity contribution in [1.82, 2.24) is 0 Å². The number of hydrogen-bond donors (Lipinski definition) is 3. The number of Topliss-reactive ketones (excluding diaryl/α,β-unsaturated/α-hetero) is 1. The van der Waals surface area contributed by atoms with Gasteiger partial charge in [-0.15, -0.1) is 0 Å². The second-order valence-corrected chi connectivity index (χ2v) is 2.66. The highest BCUT2D eigenvalue weighted by molar-refractivity contribution is 6.10. The number of carbonyl (C=O) groups is 2. The van der Waals surface area contributed by atoms with E-state index in [-0.39, 0.29) is 23.6 Å². The van der Waals surface area contributed by atoms with Crippen LogP contribution in [0.3, 0.4) is 0 Å². The van der Waals surface area contributed by atoms with Gasteiger partial charge in [-0.3, -0.25) is 9.59 Å². The van der Waals surface area contributed by atoms with E-state index in [2.05, 4.69) is 11.6 Å². The second kappa shape index (κ2) is 5.69. The maximum atomic E-state index is 10.9. The molecular formula is C9H14N3O2+. The molecule has 0 bridgehead atoms. The van der Waals surface area contributed by atoms with Crippen molar-refractivity contribution in [2.75, 3.05) is 6.54 Å². The summed E-state index contributed by atoms with van der Waals surface area (Å²) in [5.74, 6) is -0.722. The molecule has 5 heteroatoms. The molecule has 0 saturated heterocycles. The van der Waals surface area contributed by atoms with E-state index in [0.29, 0.717) is 0 Å². The predicted molar refractivity (Wildman–Crippen MR) is 53.2 cm³/mol. The Hall–Kier alpha value is -1.91. The highest BCUT2D eigenvalue weighted by atomic mass is 16.1. The van der Waals surface area contributed by atoms with E-state index in [0.717, 1.165) is 0 Å². The minimum Gasteiger partial charge on any atom is -0.398 e. The van der Waals surface area contributed by atoms with Gasteiger partial charge in [0.25, 0.3) is 5.91 Å². The largest absolute Gasteiger partial charge is 0.398 e. The van der Waals surface area contributed by atoms with Crippen LogP contribution in [-0.4, -0.2) is 24.4 Å². The van der Waals surface area contributed by atoms with Gasteiger partial charge in [0, 0.05) is 12.6 Å². The molecule has 0 atom stereocenters. The number of primary amides is 1. The van der Waals surface area contributed by atoms with Gasteiger partial charge in [-0.05, 0) is 6.08 Å². The van der Waals surface area contributed by atoms with E-state index in [1.807, 2.05) is 0 Å². The smallest absolute Gasteiger partial charge is 0.256 e. The van der Waals surface area contributed by atoms with Gasteiger partial charge in [0.2, 0.25) is 0 Å². The average Bonchev–Trinajstić information content (AvgIpc) is 2.10. The number of amides is 1. The van der Waals surface area contributed by atoms with Crippen LogP contribution < -0.4 is 16.5 Å². The van der Waals surface area contributed by atoms with Gasteiger partial charge in [0.1, 0.15) is 5.57 Å². The summed E-state index contributed by atoms with van der Waals surface area (Å²) in [5, 5.41) is 0. The molecule has 0 aromatic heterocycles. The van der Waals surface area contributed by atoms with E-state index in [9.17, 15) is 9.59 Å². The van der Waals surface area contributed by atoms with Crippen molar-refractivity contribution in [3.8, 4) is 0 Å². The number of allylic oxidation sites excluding steroid dienone is 1. The van der Waals surface area contributed by atoms with Gasteiger partial charge < -0.3 is 11.5 Å².